The van der Waals surface area contributed by atoms with Crippen molar-refractivity contribution in [1.29, 1.82) is 0 Å². The summed E-state index contributed by atoms with van der Waals surface area (Å²) >= 11 is 11.9. The van der Waals surface area contributed by atoms with E-state index in [9.17, 15) is 0 Å². The lowest BCUT2D eigenvalue weighted by atomic mass is 10.2. The van der Waals surface area contributed by atoms with E-state index in [2.05, 4.69) is 0 Å². The van der Waals surface area contributed by atoms with E-state index < -0.39 is 0 Å². The fourth-order valence-electron chi connectivity index (χ4n) is 1.16. The molecule has 0 aliphatic carbocycles. The topological polar surface area (TPSA) is 29.3 Å². The largest absolute Gasteiger partial charge is 0.369 e. The van der Waals surface area contributed by atoms with Crippen LogP contribution in [0.4, 0.5) is 5.69 Å². The van der Waals surface area contributed by atoms with E-state index in [-0.39, 0.29) is 6.04 Å². The number of benzene rings is 1. The van der Waals surface area contributed by atoms with Crippen molar-refractivity contribution in [3.63, 3.8) is 0 Å². The maximum atomic E-state index is 6.06. The van der Waals surface area contributed by atoms with Crippen LogP contribution in [0, 0.1) is 0 Å². The Morgan fingerprint density at radius 3 is 2.57 bits per heavy atom. The van der Waals surface area contributed by atoms with Crippen molar-refractivity contribution in [3.8, 4) is 0 Å². The van der Waals surface area contributed by atoms with Crippen LogP contribution in [0.1, 0.15) is 6.92 Å². The lowest BCUT2D eigenvalue weighted by molar-refractivity contribution is 0.695. The number of nitrogens with zero attached hydrogens (tertiary/aromatic N) is 1. The van der Waals surface area contributed by atoms with Crippen LogP contribution >= 0.6 is 23.2 Å². The molecular weight excluding hydrogens is 219 g/mol. The smallest absolute Gasteiger partial charge is 0.0654 e. The van der Waals surface area contributed by atoms with Crippen molar-refractivity contribution in [2.75, 3.05) is 18.5 Å². The van der Waals surface area contributed by atoms with Crippen LogP contribution in [-0.2, 0) is 0 Å². The molecule has 1 aromatic carbocycles. The predicted molar refractivity (Wildman–Crippen MR) is 63.4 cm³/mol. The summed E-state index contributed by atoms with van der Waals surface area (Å²) in [6.45, 7) is 2.64. The molecule has 0 spiro atoms. The molecule has 0 saturated carbocycles. The molecule has 0 saturated heterocycles. The minimum absolute atomic E-state index is 0.258. The van der Waals surface area contributed by atoms with Gasteiger partial charge in [0.05, 0.1) is 10.7 Å². The van der Waals surface area contributed by atoms with Crippen LogP contribution < -0.4 is 10.6 Å². The zero-order chi connectivity index (χ0) is 10.7. The lowest BCUT2D eigenvalue weighted by Crippen LogP contribution is -2.35. The number of nitrogens with two attached hydrogens (primary N) is 1. The van der Waals surface area contributed by atoms with Crippen molar-refractivity contribution in [1.82, 2.24) is 0 Å². The van der Waals surface area contributed by atoms with Crippen molar-refractivity contribution in [3.05, 3.63) is 28.2 Å². The van der Waals surface area contributed by atoms with Gasteiger partial charge in [-0.25, -0.2) is 0 Å². The van der Waals surface area contributed by atoms with E-state index in [1.807, 2.05) is 31.0 Å². The quantitative estimate of drug-likeness (QED) is 0.869. The van der Waals surface area contributed by atoms with Crippen LogP contribution in [-0.4, -0.2) is 19.6 Å². The second-order valence-corrected chi connectivity index (χ2v) is 4.13. The SMILES string of the molecule is CC(CN)N(C)c1ccc(Cl)cc1Cl. The Bertz CT molecular complexity index is 315. The Labute approximate surface area is 94.6 Å². The Kier molecular flexibility index (Phi) is 4.05. The van der Waals surface area contributed by atoms with Gasteiger partial charge in [0.15, 0.2) is 0 Å². The number of hydrogen-bond acceptors (Lipinski definition) is 2. The predicted octanol–water partition coefficient (Wildman–Crippen LogP) is 2.78. The third kappa shape index (κ3) is 2.53. The van der Waals surface area contributed by atoms with E-state index in [0.29, 0.717) is 16.6 Å². The zero-order valence-electron chi connectivity index (χ0n) is 8.30. The minimum atomic E-state index is 0.258. The highest BCUT2D eigenvalue weighted by Crippen LogP contribution is 2.28. The van der Waals surface area contributed by atoms with Crippen molar-refractivity contribution in [2.24, 2.45) is 5.73 Å². The number of anilines is 1. The molecule has 1 atom stereocenters. The Hall–Kier alpha value is -0.440. The average Bonchev–Trinajstić information content (AvgIpc) is 2.15. The van der Waals surface area contributed by atoms with Gasteiger partial charge in [0, 0.05) is 24.7 Å². The van der Waals surface area contributed by atoms with Crippen LogP contribution in [0.5, 0.6) is 0 Å². The summed E-state index contributed by atoms with van der Waals surface area (Å²) in [6.07, 6.45) is 0. The Morgan fingerprint density at radius 1 is 1.43 bits per heavy atom. The molecular formula is C10H14Cl2N2. The molecule has 78 valence electrons. The average molecular weight is 233 g/mol. The Balaban J connectivity index is 2.95. The van der Waals surface area contributed by atoms with Crippen LogP contribution in [0.15, 0.2) is 18.2 Å². The molecule has 0 fully saturated rings. The number of likely N-dealkylation sites (N-methyl/N-ethyl adjacent to an activating group) is 1. The summed E-state index contributed by atoms with van der Waals surface area (Å²) in [4.78, 5) is 2.04. The molecule has 1 rings (SSSR count). The first-order valence-electron chi connectivity index (χ1n) is 4.44. The van der Waals surface area contributed by atoms with Gasteiger partial charge in [-0.05, 0) is 25.1 Å². The van der Waals surface area contributed by atoms with Crippen molar-refractivity contribution < 1.29 is 0 Å². The fourth-order valence-corrected chi connectivity index (χ4v) is 1.70. The molecule has 0 amide bonds. The van der Waals surface area contributed by atoms with Gasteiger partial charge in [-0.1, -0.05) is 23.2 Å². The van der Waals surface area contributed by atoms with Crippen molar-refractivity contribution in [2.45, 2.75) is 13.0 Å². The summed E-state index contributed by atoms with van der Waals surface area (Å²) in [7, 11) is 1.96. The third-order valence-corrected chi connectivity index (χ3v) is 2.83. The third-order valence-electron chi connectivity index (χ3n) is 2.29. The minimum Gasteiger partial charge on any atom is -0.369 e. The summed E-state index contributed by atoms with van der Waals surface area (Å²) in [5.41, 5.74) is 6.53. The van der Waals surface area contributed by atoms with Gasteiger partial charge in [-0.15, -0.1) is 0 Å². The first kappa shape index (κ1) is 11.6. The molecule has 14 heavy (non-hydrogen) atoms. The summed E-state index contributed by atoms with van der Waals surface area (Å²) in [5.74, 6) is 0. The van der Waals surface area contributed by atoms with Crippen LogP contribution in [0.3, 0.4) is 0 Å². The number of rotatable bonds is 3. The fraction of sp³-hybridized carbons (Fsp3) is 0.400. The van der Waals surface area contributed by atoms with E-state index in [1.54, 1.807) is 6.07 Å². The molecule has 0 aromatic heterocycles. The van der Waals surface area contributed by atoms with Gasteiger partial charge in [0.2, 0.25) is 0 Å². The summed E-state index contributed by atoms with van der Waals surface area (Å²) < 4.78 is 0. The van der Waals surface area contributed by atoms with Gasteiger partial charge >= 0.3 is 0 Å². The highest BCUT2D eigenvalue weighted by molar-refractivity contribution is 6.36. The Morgan fingerprint density at radius 2 is 2.07 bits per heavy atom. The molecule has 0 aliphatic rings. The molecule has 0 aliphatic heterocycles. The lowest BCUT2D eigenvalue weighted by Gasteiger charge is -2.26. The molecule has 0 heterocycles. The zero-order valence-corrected chi connectivity index (χ0v) is 9.81. The highest BCUT2D eigenvalue weighted by Gasteiger charge is 2.11. The molecule has 1 unspecified atom stereocenters. The molecule has 1 aromatic rings. The van der Waals surface area contributed by atoms with E-state index in [0.717, 1.165) is 5.69 Å². The van der Waals surface area contributed by atoms with Gasteiger partial charge < -0.3 is 10.6 Å². The molecule has 0 bridgehead atoms. The summed E-state index contributed by atoms with van der Waals surface area (Å²) in [6, 6.07) is 5.71. The summed E-state index contributed by atoms with van der Waals surface area (Å²) in [5, 5.41) is 1.30. The standard InChI is InChI=1S/C10H14Cl2N2/c1-7(6-13)14(2)10-4-3-8(11)5-9(10)12/h3-5,7H,6,13H2,1-2H3. The maximum absolute atomic E-state index is 6.06. The second-order valence-electron chi connectivity index (χ2n) is 3.29. The highest BCUT2D eigenvalue weighted by atomic mass is 35.5. The van der Waals surface area contributed by atoms with E-state index in [1.165, 1.54) is 0 Å². The monoisotopic (exact) mass is 232 g/mol. The first-order chi connectivity index (χ1) is 6.56. The first-order valence-corrected chi connectivity index (χ1v) is 5.19. The number of halogens is 2. The van der Waals surface area contributed by atoms with E-state index in [4.69, 9.17) is 28.9 Å². The van der Waals surface area contributed by atoms with Gasteiger partial charge in [-0.2, -0.15) is 0 Å². The van der Waals surface area contributed by atoms with Crippen LogP contribution in [0.25, 0.3) is 0 Å². The van der Waals surface area contributed by atoms with E-state index >= 15 is 0 Å². The molecule has 2 nitrogen and oxygen atoms in total. The van der Waals surface area contributed by atoms with Gasteiger partial charge in [0.25, 0.3) is 0 Å². The van der Waals surface area contributed by atoms with Crippen molar-refractivity contribution >= 4 is 28.9 Å². The molecule has 2 N–H and O–H groups in total. The second kappa shape index (κ2) is 4.87. The maximum Gasteiger partial charge on any atom is 0.0654 e. The van der Waals surface area contributed by atoms with Crippen LogP contribution in [0.2, 0.25) is 10.0 Å². The normalized spacial score (nSPS) is 12.6. The van der Waals surface area contributed by atoms with Gasteiger partial charge in [0.1, 0.15) is 0 Å². The molecule has 0 radical (unpaired) electrons. The number of hydrogen-bond donors (Lipinski definition) is 1. The molecule has 4 heteroatoms. The van der Waals surface area contributed by atoms with Gasteiger partial charge in [-0.3, -0.25) is 0 Å².